The van der Waals surface area contributed by atoms with Crippen LogP contribution >= 0.6 is 34.8 Å². The molecule has 1 N–H and O–H groups in total. The minimum Gasteiger partial charge on any atom is -0.346 e. The first-order valence-corrected chi connectivity index (χ1v) is 4.86. The average molecular weight is 235 g/mol. The predicted molar refractivity (Wildman–Crippen MR) is 58.1 cm³/mol. The molecular weight excluding hydrogens is 228 g/mol. The molecule has 68 valence electrons. The van der Waals surface area contributed by atoms with Crippen molar-refractivity contribution in [3.05, 3.63) is 32.9 Å². The highest BCUT2D eigenvalue weighted by Crippen LogP contribution is 2.33. The molecular formula is C9H6Cl3N. The predicted octanol–water partition coefficient (Wildman–Crippen LogP) is 4.44. The largest absolute Gasteiger partial charge is 0.346 e. The van der Waals surface area contributed by atoms with Gasteiger partial charge in [0.2, 0.25) is 0 Å². The lowest BCUT2D eigenvalue weighted by Crippen LogP contribution is -1.78. The molecule has 2 rings (SSSR count). The van der Waals surface area contributed by atoms with Crippen LogP contribution in [0.1, 0.15) is 5.56 Å². The Labute approximate surface area is 90.6 Å². The topological polar surface area (TPSA) is 15.8 Å². The summed E-state index contributed by atoms with van der Waals surface area (Å²) in [4.78, 5) is 2.99. The summed E-state index contributed by atoms with van der Waals surface area (Å²) in [5.74, 6) is 0. The number of nitrogens with one attached hydrogen (secondary N) is 1. The van der Waals surface area contributed by atoms with Crippen molar-refractivity contribution in [1.82, 2.24) is 4.98 Å². The Hall–Kier alpha value is -0.370. The minimum atomic E-state index is 0.546. The summed E-state index contributed by atoms with van der Waals surface area (Å²) in [6.07, 6.45) is 0. The Morgan fingerprint density at radius 3 is 2.54 bits per heavy atom. The number of rotatable bonds is 0. The monoisotopic (exact) mass is 233 g/mol. The second kappa shape index (κ2) is 3.09. The van der Waals surface area contributed by atoms with E-state index in [0.717, 1.165) is 16.5 Å². The zero-order valence-corrected chi connectivity index (χ0v) is 9.06. The molecule has 0 bridgehead atoms. The van der Waals surface area contributed by atoms with E-state index in [2.05, 4.69) is 4.98 Å². The van der Waals surface area contributed by atoms with Crippen LogP contribution in [0.4, 0.5) is 0 Å². The molecule has 0 saturated heterocycles. The van der Waals surface area contributed by atoms with Crippen molar-refractivity contribution in [1.29, 1.82) is 0 Å². The van der Waals surface area contributed by atoms with Gasteiger partial charge in [-0.2, -0.15) is 0 Å². The van der Waals surface area contributed by atoms with Gasteiger partial charge in [-0.05, 0) is 24.6 Å². The van der Waals surface area contributed by atoms with Gasteiger partial charge in [0.15, 0.2) is 0 Å². The molecule has 0 saturated carbocycles. The molecule has 0 unspecified atom stereocenters. The molecule has 1 heterocycles. The highest BCUT2D eigenvalue weighted by atomic mass is 35.5. The lowest BCUT2D eigenvalue weighted by molar-refractivity contribution is 1.46. The molecule has 1 aromatic heterocycles. The fourth-order valence-electron chi connectivity index (χ4n) is 1.35. The van der Waals surface area contributed by atoms with Crippen LogP contribution in [0.15, 0.2) is 12.1 Å². The lowest BCUT2D eigenvalue weighted by Gasteiger charge is -2.01. The molecule has 0 spiro atoms. The van der Waals surface area contributed by atoms with Gasteiger partial charge in [0.1, 0.15) is 5.15 Å². The molecule has 0 amide bonds. The molecule has 0 fully saturated rings. The average Bonchev–Trinajstić information content (AvgIpc) is 2.42. The molecule has 4 heteroatoms. The molecule has 0 aliphatic heterocycles. The molecule has 1 aromatic carbocycles. The van der Waals surface area contributed by atoms with Crippen molar-refractivity contribution in [2.24, 2.45) is 0 Å². The number of hydrogen-bond donors (Lipinski definition) is 1. The summed E-state index contributed by atoms with van der Waals surface area (Å²) in [7, 11) is 0. The molecule has 2 aromatic rings. The van der Waals surface area contributed by atoms with Crippen molar-refractivity contribution in [3.63, 3.8) is 0 Å². The lowest BCUT2D eigenvalue weighted by atomic mass is 10.1. The highest BCUT2D eigenvalue weighted by molar-refractivity contribution is 6.43. The fraction of sp³-hybridized carbons (Fsp3) is 0.111. The van der Waals surface area contributed by atoms with Crippen LogP contribution in [-0.4, -0.2) is 4.98 Å². The summed E-state index contributed by atoms with van der Waals surface area (Å²) < 4.78 is 0. The van der Waals surface area contributed by atoms with E-state index in [0.29, 0.717) is 15.2 Å². The molecule has 0 aliphatic carbocycles. The number of benzene rings is 1. The van der Waals surface area contributed by atoms with E-state index in [4.69, 9.17) is 34.8 Å². The SMILES string of the molecule is Cc1c(Cl)c(Cl)cc2[nH]c(Cl)cc12. The number of hydrogen-bond acceptors (Lipinski definition) is 0. The summed E-state index contributed by atoms with van der Waals surface area (Å²) in [6.45, 7) is 1.92. The van der Waals surface area contributed by atoms with Gasteiger partial charge >= 0.3 is 0 Å². The Kier molecular flexibility index (Phi) is 2.18. The second-order valence-corrected chi connectivity index (χ2v) is 4.07. The third-order valence-electron chi connectivity index (χ3n) is 2.03. The van der Waals surface area contributed by atoms with Crippen LogP contribution in [0.2, 0.25) is 15.2 Å². The zero-order chi connectivity index (χ0) is 9.59. The number of aromatic amines is 1. The molecule has 0 aliphatic rings. The van der Waals surface area contributed by atoms with Gasteiger partial charge in [0.25, 0.3) is 0 Å². The molecule has 1 nitrogen and oxygen atoms in total. The number of halogens is 3. The molecule has 0 radical (unpaired) electrons. The quantitative estimate of drug-likeness (QED) is 0.694. The highest BCUT2D eigenvalue weighted by Gasteiger charge is 2.08. The first-order chi connectivity index (χ1) is 6.09. The minimum absolute atomic E-state index is 0.546. The Balaban J connectivity index is 2.92. The summed E-state index contributed by atoms with van der Waals surface area (Å²) >= 11 is 17.7. The van der Waals surface area contributed by atoms with Crippen molar-refractivity contribution in [2.45, 2.75) is 6.92 Å². The Bertz CT molecular complexity index is 473. The van der Waals surface area contributed by atoms with Crippen molar-refractivity contribution in [2.75, 3.05) is 0 Å². The van der Waals surface area contributed by atoms with E-state index in [1.54, 1.807) is 6.07 Å². The third-order valence-corrected chi connectivity index (χ3v) is 3.11. The summed E-state index contributed by atoms with van der Waals surface area (Å²) in [5, 5.41) is 2.74. The maximum Gasteiger partial charge on any atom is 0.107 e. The third kappa shape index (κ3) is 1.41. The van der Waals surface area contributed by atoms with Crippen LogP contribution in [0.5, 0.6) is 0 Å². The number of H-pyrrole nitrogens is 1. The van der Waals surface area contributed by atoms with Gasteiger partial charge in [-0.25, -0.2) is 0 Å². The van der Waals surface area contributed by atoms with Gasteiger partial charge < -0.3 is 4.98 Å². The number of fused-ring (bicyclic) bond motifs is 1. The van der Waals surface area contributed by atoms with E-state index >= 15 is 0 Å². The Morgan fingerprint density at radius 1 is 1.15 bits per heavy atom. The summed E-state index contributed by atoms with van der Waals surface area (Å²) in [6, 6.07) is 3.62. The van der Waals surface area contributed by atoms with Gasteiger partial charge in [-0.1, -0.05) is 34.8 Å². The molecule has 0 atom stereocenters. The van der Waals surface area contributed by atoms with Crippen LogP contribution in [-0.2, 0) is 0 Å². The first-order valence-electron chi connectivity index (χ1n) is 3.72. The standard InChI is InChI=1S/C9H6Cl3N/c1-4-5-2-8(11)13-7(5)3-6(10)9(4)12/h2-3,13H,1H3. The van der Waals surface area contributed by atoms with Crippen LogP contribution in [0.25, 0.3) is 10.9 Å². The summed E-state index contributed by atoms with van der Waals surface area (Å²) in [5.41, 5.74) is 1.87. The second-order valence-electron chi connectivity index (χ2n) is 2.88. The Morgan fingerprint density at radius 2 is 1.85 bits per heavy atom. The first kappa shape index (κ1) is 9.20. The van der Waals surface area contributed by atoms with Gasteiger partial charge in [-0.15, -0.1) is 0 Å². The van der Waals surface area contributed by atoms with E-state index in [1.165, 1.54) is 0 Å². The van der Waals surface area contributed by atoms with Crippen LogP contribution < -0.4 is 0 Å². The van der Waals surface area contributed by atoms with Gasteiger partial charge in [0, 0.05) is 10.9 Å². The van der Waals surface area contributed by atoms with Gasteiger partial charge in [-0.3, -0.25) is 0 Å². The van der Waals surface area contributed by atoms with E-state index in [1.807, 2.05) is 13.0 Å². The zero-order valence-electron chi connectivity index (χ0n) is 6.79. The number of aryl methyl sites for hydroxylation is 1. The van der Waals surface area contributed by atoms with E-state index in [9.17, 15) is 0 Å². The maximum absolute atomic E-state index is 5.98. The van der Waals surface area contributed by atoms with Crippen molar-refractivity contribution < 1.29 is 0 Å². The van der Waals surface area contributed by atoms with Crippen molar-refractivity contribution in [3.8, 4) is 0 Å². The van der Waals surface area contributed by atoms with E-state index < -0.39 is 0 Å². The van der Waals surface area contributed by atoms with Crippen molar-refractivity contribution >= 4 is 45.7 Å². The fourth-order valence-corrected chi connectivity index (χ4v) is 1.97. The van der Waals surface area contributed by atoms with E-state index in [-0.39, 0.29) is 0 Å². The molecule has 13 heavy (non-hydrogen) atoms. The van der Waals surface area contributed by atoms with Crippen LogP contribution in [0, 0.1) is 6.92 Å². The van der Waals surface area contributed by atoms with Crippen LogP contribution in [0.3, 0.4) is 0 Å². The normalized spacial score (nSPS) is 11.1. The smallest absolute Gasteiger partial charge is 0.107 e. The van der Waals surface area contributed by atoms with Gasteiger partial charge in [0.05, 0.1) is 10.0 Å². The number of aromatic nitrogens is 1. The maximum atomic E-state index is 5.98.